The molecule has 0 atom stereocenters. The molecule has 0 spiro atoms. The third-order valence-electron chi connectivity index (χ3n) is 2.22. The molecule has 0 aromatic heterocycles. The largest absolute Gasteiger partial charge is 0.261 e. The molecule has 0 amide bonds. The van der Waals surface area contributed by atoms with Crippen molar-refractivity contribution in [3.05, 3.63) is 23.9 Å². The van der Waals surface area contributed by atoms with Crippen LogP contribution in [0.3, 0.4) is 0 Å². The summed E-state index contributed by atoms with van der Waals surface area (Å²) in [5.41, 5.74) is 2.35. The molecule has 0 radical (unpaired) electrons. The molecular weight excluding hydrogens is 146 g/mol. The minimum Gasteiger partial charge on any atom is -0.261 e. The zero-order valence-corrected chi connectivity index (χ0v) is 8.01. The monoisotopic (exact) mass is 163 g/mol. The maximum atomic E-state index is 4.34. The van der Waals surface area contributed by atoms with E-state index in [0.717, 1.165) is 12.1 Å². The molecule has 0 heterocycles. The highest BCUT2D eigenvalue weighted by atomic mass is 14.8. The first kappa shape index (κ1) is 9.24. The van der Waals surface area contributed by atoms with Gasteiger partial charge in [-0.05, 0) is 31.8 Å². The van der Waals surface area contributed by atoms with Gasteiger partial charge in [0.1, 0.15) is 0 Å². The summed E-state index contributed by atoms with van der Waals surface area (Å²) < 4.78 is 0. The summed E-state index contributed by atoms with van der Waals surface area (Å²) >= 11 is 0. The van der Waals surface area contributed by atoms with E-state index >= 15 is 0 Å². The molecule has 0 unspecified atom stereocenters. The molecule has 0 N–H and O–H groups in total. The number of allylic oxidation sites excluding steroid dienone is 3. The average Bonchev–Trinajstić information content (AvgIpc) is 2.88. The van der Waals surface area contributed by atoms with Gasteiger partial charge in [0.25, 0.3) is 0 Å². The summed E-state index contributed by atoms with van der Waals surface area (Å²) in [5.74, 6) is 0.691. The Kier molecular flexibility index (Phi) is 3.27. The quantitative estimate of drug-likeness (QED) is 0.564. The standard InChI is InChI=1S/C11H17N/c1-4-10(5-2)8-12-9(3)11-6-7-11/h4,8,11H,3,5-7H2,1-2H3/b10-4-,12-8-. The van der Waals surface area contributed by atoms with E-state index in [4.69, 9.17) is 0 Å². The minimum absolute atomic E-state index is 0.691. The van der Waals surface area contributed by atoms with Gasteiger partial charge in [0, 0.05) is 17.8 Å². The van der Waals surface area contributed by atoms with Crippen LogP contribution in [0.2, 0.25) is 0 Å². The van der Waals surface area contributed by atoms with Gasteiger partial charge < -0.3 is 0 Å². The average molecular weight is 163 g/mol. The lowest BCUT2D eigenvalue weighted by Crippen LogP contribution is -1.84. The van der Waals surface area contributed by atoms with E-state index < -0.39 is 0 Å². The number of nitrogens with zero attached hydrogens (tertiary/aromatic N) is 1. The smallest absolute Gasteiger partial charge is 0.0362 e. The van der Waals surface area contributed by atoms with Gasteiger partial charge in [-0.25, -0.2) is 0 Å². The Morgan fingerprint density at radius 1 is 1.58 bits per heavy atom. The number of rotatable bonds is 4. The Morgan fingerprint density at radius 3 is 2.67 bits per heavy atom. The Bertz CT molecular complexity index is 219. The Hall–Kier alpha value is -0.850. The van der Waals surface area contributed by atoms with E-state index in [2.05, 4.69) is 24.6 Å². The van der Waals surface area contributed by atoms with Crippen LogP contribution in [0.1, 0.15) is 33.1 Å². The van der Waals surface area contributed by atoms with Crippen molar-refractivity contribution in [1.29, 1.82) is 0 Å². The van der Waals surface area contributed by atoms with E-state index in [0.29, 0.717) is 5.92 Å². The van der Waals surface area contributed by atoms with Gasteiger partial charge in [-0.15, -0.1) is 0 Å². The molecule has 0 aliphatic heterocycles. The van der Waals surface area contributed by atoms with Gasteiger partial charge in [-0.1, -0.05) is 19.6 Å². The van der Waals surface area contributed by atoms with Crippen LogP contribution in [0.25, 0.3) is 0 Å². The summed E-state index contributed by atoms with van der Waals surface area (Å²) in [6, 6.07) is 0. The second kappa shape index (κ2) is 4.24. The Balaban J connectivity index is 2.41. The summed E-state index contributed by atoms with van der Waals surface area (Å²) in [5, 5.41) is 0. The van der Waals surface area contributed by atoms with Crippen LogP contribution in [0, 0.1) is 5.92 Å². The molecule has 1 heteroatoms. The van der Waals surface area contributed by atoms with Crippen molar-refractivity contribution in [2.24, 2.45) is 10.9 Å². The van der Waals surface area contributed by atoms with Crippen molar-refractivity contribution in [1.82, 2.24) is 0 Å². The maximum Gasteiger partial charge on any atom is 0.0362 e. The third kappa shape index (κ3) is 2.65. The normalized spacial score (nSPS) is 18.7. The predicted octanol–water partition coefficient (Wildman–Crippen LogP) is 3.34. The predicted molar refractivity (Wildman–Crippen MR) is 54.4 cm³/mol. The van der Waals surface area contributed by atoms with Crippen molar-refractivity contribution < 1.29 is 0 Å². The van der Waals surface area contributed by atoms with Crippen molar-refractivity contribution >= 4 is 6.21 Å². The van der Waals surface area contributed by atoms with Crippen LogP contribution in [0.15, 0.2) is 28.9 Å². The molecular formula is C11H17N. The Labute approximate surface area is 74.9 Å². The van der Waals surface area contributed by atoms with Crippen molar-refractivity contribution in [2.45, 2.75) is 33.1 Å². The van der Waals surface area contributed by atoms with Crippen LogP contribution in [-0.2, 0) is 0 Å². The molecule has 1 nitrogen and oxygen atoms in total. The minimum atomic E-state index is 0.691. The van der Waals surface area contributed by atoms with Crippen LogP contribution in [-0.4, -0.2) is 6.21 Å². The van der Waals surface area contributed by atoms with Crippen LogP contribution in [0.4, 0.5) is 0 Å². The molecule has 0 saturated heterocycles. The summed E-state index contributed by atoms with van der Waals surface area (Å²) in [7, 11) is 0. The fourth-order valence-electron chi connectivity index (χ4n) is 1.06. The lowest BCUT2D eigenvalue weighted by Gasteiger charge is -1.96. The molecule has 1 aliphatic rings. The van der Waals surface area contributed by atoms with Crippen LogP contribution in [0.5, 0.6) is 0 Å². The van der Waals surface area contributed by atoms with Gasteiger partial charge in [0.05, 0.1) is 0 Å². The Morgan fingerprint density at radius 2 is 2.25 bits per heavy atom. The van der Waals surface area contributed by atoms with E-state index in [1.54, 1.807) is 0 Å². The molecule has 0 bridgehead atoms. The summed E-state index contributed by atoms with van der Waals surface area (Å²) in [6.07, 6.45) is 7.67. The highest BCUT2D eigenvalue weighted by Crippen LogP contribution is 2.35. The van der Waals surface area contributed by atoms with Crippen LogP contribution < -0.4 is 0 Å². The molecule has 0 aromatic carbocycles. The van der Waals surface area contributed by atoms with Gasteiger partial charge >= 0.3 is 0 Å². The molecule has 12 heavy (non-hydrogen) atoms. The van der Waals surface area contributed by atoms with Crippen molar-refractivity contribution in [3.63, 3.8) is 0 Å². The lowest BCUT2D eigenvalue weighted by atomic mass is 10.2. The first-order valence-electron chi connectivity index (χ1n) is 4.66. The fraction of sp³-hybridized carbons (Fsp3) is 0.545. The van der Waals surface area contributed by atoms with Crippen LogP contribution >= 0.6 is 0 Å². The van der Waals surface area contributed by atoms with E-state index in [9.17, 15) is 0 Å². The first-order valence-corrected chi connectivity index (χ1v) is 4.66. The number of hydrogen-bond donors (Lipinski definition) is 0. The van der Waals surface area contributed by atoms with Crippen molar-refractivity contribution in [3.8, 4) is 0 Å². The van der Waals surface area contributed by atoms with E-state index in [1.165, 1.54) is 18.4 Å². The topological polar surface area (TPSA) is 12.4 Å². The fourth-order valence-corrected chi connectivity index (χ4v) is 1.06. The van der Waals surface area contributed by atoms with Gasteiger partial charge in [0.2, 0.25) is 0 Å². The lowest BCUT2D eigenvalue weighted by molar-refractivity contribution is 0.990. The molecule has 66 valence electrons. The van der Waals surface area contributed by atoms with Gasteiger partial charge in [-0.3, -0.25) is 4.99 Å². The molecule has 1 rings (SSSR count). The maximum absolute atomic E-state index is 4.34. The van der Waals surface area contributed by atoms with Gasteiger partial charge in [-0.2, -0.15) is 0 Å². The number of aliphatic imine (C=N–C) groups is 1. The highest BCUT2D eigenvalue weighted by molar-refractivity contribution is 5.79. The zero-order chi connectivity index (χ0) is 8.97. The molecule has 1 fully saturated rings. The SMILES string of the molecule is C=C(/N=C\C(=C/C)CC)C1CC1. The molecule has 0 aromatic rings. The summed E-state index contributed by atoms with van der Waals surface area (Å²) in [4.78, 5) is 4.34. The highest BCUT2D eigenvalue weighted by Gasteiger charge is 2.23. The molecule has 1 saturated carbocycles. The first-order chi connectivity index (χ1) is 5.77. The van der Waals surface area contributed by atoms with E-state index in [1.807, 2.05) is 13.1 Å². The van der Waals surface area contributed by atoms with Crippen molar-refractivity contribution in [2.75, 3.05) is 0 Å². The summed E-state index contributed by atoms with van der Waals surface area (Å²) in [6.45, 7) is 8.12. The van der Waals surface area contributed by atoms with Gasteiger partial charge in [0.15, 0.2) is 0 Å². The zero-order valence-electron chi connectivity index (χ0n) is 8.01. The second-order valence-electron chi connectivity index (χ2n) is 3.24. The second-order valence-corrected chi connectivity index (χ2v) is 3.24. The third-order valence-corrected chi connectivity index (χ3v) is 2.22. The number of hydrogen-bond acceptors (Lipinski definition) is 1. The molecule has 1 aliphatic carbocycles. The van der Waals surface area contributed by atoms with E-state index in [-0.39, 0.29) is 0 Å².